The number of tetrazole rings is 1. The van der Waals surface area contributed by atoms with Crippen molar-refractivity contribution >= 4 is 29.8 Å². The van der Waals surface area contributed by atoms with E-state index in [0.29, 0.717) is 30.4 Å². The van der Waals surface area contributed by atoms with Crippen LogP contribution in [0.5, 0.6) is 0 Å². The minimum absolute atomic E-state index is 0.180. The molecule has 12 heteroatoms. The Labute approximate surface area is 153 Å². The molecule has 1 aromatic carbocycles. The van der Waals surface area contributed by atoms with Gasteiger partial charge in [0.1, 0.15) is 18.3 Å². The number of amides is 1. The van der Waals surface area contributed by atoms with Crippen LogP contribution in [0.25, 0.3) is 0 Å². The minimum atomic E-state index is -0.604. The Morgan fingerprint density at radius 3 is 2.81 bits per heavy atom. The maximum absolute atomic E-state index is 14.6. The van der Waals surface area contributed by atoms with Crippen molar-refractivity contribution in [1.82, 2.24) is 20.2 Å². The zero-order valence-electron chi connectivity index (χ0n) is 14.4. The number of halogens is 1. The Balaban J connectivity index is 1.49. The number of aliphatic hydroxyl groups is 1. The third kappa shape index (κ3) is 3.26. The highest BCUT2D eigenvalue weighted by Crippen LogP contribution is 2.28. The number of nitrogens with zero attached hydrogens (tertiary/aromatic N) is 8. The second-order valence-corrected chi connectivity index (χ2v) is 6.06. The van der Waals surface area contributed by atoms with E-state index in [4.69, 9.17) is 9.84 Å². The molecule has 2 aliphatic rings. The molecule has 1 atom stereocenters. The quantitative estimate of drug-likeness (QED) is 0.790. The first-order chi connectivity index (χ1) is 13.0. The van der Waals surface area contributed by atoms with Crippen molar-refractivity contribution in [1.29, 1.82) is 0 Å². The Hall–Kier alpha value is -3.28. The van der Waals surface area contributed by atoms with E-state index in [1.165, 1.54) is 22.1 Å². The number of anilines is 3. The van der Waals surface area contributed by atoms with Crippen molar-refractivity contribution in [3.63, 3.8) is 0 Å². The second-order valence-electron chi connectivity index (χ2n) is 6.06. The predicted octanol–water partition coefficient (Wildman–Crippen LogP) is -0.0634. The van der Waals surface area contributed by atoms with E-state index in [9.17, 15) is 9.18 Å². The molecule has 4 rings (SSSR count). The largest absolute Gasteiger partial charge is 0.441 e. The van der Waals surface area contributed by atoms with Crippen molar-refractivity contribution in [2.24, 2.45) is 12.1 Å². The summed E-state index contributed by atoms with van der Waals surface area (Å²) >= 11 is 0. The van der Waals surface area contributed by atoms with Crippen LogP contribution in [0.15, 0.2) is 23.3 Å². The van der Waals surface area contributed by atoms with Crippen LogP contribution in [-0.4, -0.2) is 70.1 Å². The van der Waals surface area contributed by atoms with Gasteiger partial charge >= 0.3 is 6.09 Å². The summed E-state index contributed by atoms with van der Waals surface area (Å²) in [6.07, 6.45) is 0.284. The monoisotopic (exact) mass is 376 g/mol. The fourth-order valence-corrected chi connectivity index (χ4v) is 2.88. The molecule has 0 aliphatic carbocycles. The fourth-order valence-electron chi connectivity index (χ4n) is 2.88. The van der Waals surface area contributed by atoms with E-state index in [1.807, 2.05) is 0 Å². The number of ether oxygens (including phenoxy) is 1. The smallest absolute Gasteiger partial charge is 0.414 e. The summed E-state index contributed by atoms with van der Waals surface area (Å²) < 4.78 is 19.6. The molecule has 1 fully saturated rings. The highest BCUT2D eigenvalue weighted by atomic mass is 19.1. The van der Waals surface area contributed by atoms with Gasteiger partial charge in [-0.05, 0) is 23.4 Å². The van der Waals surface area contributed by atoms with Gasteiger partial charge in [-0.3, -0.25) is 4.90 Å². The number of aryl methyl sites for hydroxylation is 1. The Bertz CT molecular complexity index is 888. The minimum Gasteiger partial charge on any atom is -0.441 e. The molecule has 142 valence electrons. The molecule has 0 radical (unpaired) electrons. The van der Waals surface area contributed by atoms with Gasteiger partial charge < -0.3 is 14.7 Å². The zero-order valence-corrected chi connectivity index (χ0v) is 14.4. The molecule has 1 amide bonds. The first kappa shape index (κ1) is 17.1. The maximum atomic E-state index is 14.6. The van der Waals surface area contributed by atoms with Crippen LogP contribution in [0.2, 0.25) is 0 Å². The van der Waals surface area contributed by atoms with Gasteiger partial charge in [0.25, 0.3) is 5.95 Å². The third-order valence-corrected chi connectivity index (χ3v) is 4.24. The molecule has 2 aliphatic heterocycles. The molecule has 0 bridgehead atoms. The number of carbonyl (C=O) groups excluding carboxylic acids is 1. The van der Waals surface area contributed by atoms with Crippen molar-refractivity contribution < 1.29 is 19.0 Å². The Morgan fingerprint density at radius 2 is 2.22 bits per heavy atom. The number of aromatic nitrogens is 4. The Kier molecular flexibility index (Phi) is 4.32. The van der Waals surface area contributed by atoms with Gasteiger partial charge in [0, 0.05) is 6.54 Å². The summed E-state index contributed by atoms with van der Waals surface area (Å²) in [4.78, 5) is 16.1. The summed E-state index contributed by atoms with van der Waals surface area (Å²) in [6, 6.07) is 4.47. The van der Waals surface area contributed by atoms with Gasteiger partial charge in [-0.2, -0.15) is 9.90 Å². The summed E-state index contributed by atoms with van der Waals surface area (Å²) in [5, 5.41) is 26.6. The van der Waals surface area contributed by atoms with Gasteiger partial charge in [-0.1, -0.05) is 5.10 Å². The number of hydrogen-bond donors (Lipinski definition) is 1. The number of cyclic esters (lactones) is 1. The molecule has 0 saturated carbocycles. The summed E-state index contributed by atoms with van der Waals surface area (Å²) in [5.41, 5.74) is 0.706. The third-order valence-electron chi connectivity index (χ3n) is 4.24. The number of hydrazone groups is 1. The van der Waals surface area contributed by atoms with Crippen LogP contribution in [0, 0.1) is 5.82 Å². The first-order valence-electron chi connectivity index (χ1n) is 8.26. The van der Waals surface area contributed by atoms with Gasteiger partial charge in [-0.25, -0.2) is 14.2 Å². The molecule has 0 unspecified atom stereocenters. The molecule has 2 aromatic rings. The highest BCUT2D eigenvalue weighted by Gasteiger charge is 2.32. The molecular formula is C15H17FN8O3. The Morgan fingerprint density at radius 1 is 1.37 bits per heavy atom. The van der Waals surface area contributed by atoms with E-state index in [0.717, 1.165) is 0 Å². The van der Waals surface area contributed by atoms with Crippen LogP contribution in [-0.2, 0) is 11.8 Å². The number of hydrogen-bond acceptors (Lipinski definition) is 9. The van der Waals surface area contributed by atoms with E-state index >= 15 is 0 Å². The molecule has 3 heterocycles. The van der Waals surface area contributed by atoms with Crippen LogP contribution in [0.1, 0.15) is 0 Å². The van der Waals surface area contributed by atoms with Gasteiger partial charge in [-0.15, -0.1) is 5.10 Å². The molecule has 11 nitrogen and oxygen atoms in total. The number of carbonyl (C=O) groups is 1. The average Bonchev–Trinajstić information content (AvgIpc) is 3.27. The topological polar surface area (TPSA) is 112 Å². The molecule has 0 spiro atoms. The lowest BCUT2D eigenvalue weighted by Crippen LogP contribution is -2.38. The van der Waals surface area contributed by atoms with Crippen molar-refractivity contribution in [3.05, 3.63) is 24.0 Å². The van der Waals surface area contributed by atoms with E-state index in [-0.39, 0.29) is 13.2 Å². The predicted molar refractivity (Wildman–Crippen MR) is 93.1 cm³/mol. The molecule has 27 heavy (non-hydrogen) atoms. The molecular weight excluding hydrogens is 359 g/mol. The van der Waals surface area contributed by atoms with Gasteiger partial charge in [0.15, 0.2) is 0 Å². The van der Waals surface area contributed by atoms with Crippen molar-refractivity contribution in [2.75, 3.05) is 41.0 Å². The molecule has 1 aromatic heterocycles. The van der Waals surface area contributed by atoms with E-state index < -0.39 is 18.0 Å². The number of rotatable bonds is 4. The first-order valence-corrected chi connectivity index (χ1v) is 8.26. The lowest BCUT2D eigenvalue weighted by atomic mass is 10.2. The van der Waals surface area contributed by atoms with E-state index in [2.05, 4.69) is 20.5 Å². The van der Waals surface area contributed by atoms with Gasteiger partial charge in [0.2, 0.25) is 0 Å². The average molecular weight is 376 g/mol. The molecule has 1 N–H and O–H groups in total. The second kappa shape index (κ2) is 6.79. The summed E-state index contributed by atoms with van der Waals surface area (Å²) in [6.45, 7) is 0.833. The van der Waals surface area contributed by atoms with Crippen LogP contribution >= 0.6 is 0 Å². The SMILES string of the molecule is Cn1nnc(N2CCN(c3ccc(N4C[C@H](CO)OC4=O)cc3F)C=N2)n1. The fraction of sp³-hybridized carbons (Fsp3) is 0.400. The highest BCUT2D eigenvalue weighted by molar-refractivity contribution is 5.90. The van der Waals surface area contributed by atoms with Crippen molar-refractivity contribution in [3.8, 4) is 0 Å². The van der Waals surface area contributed by atoms with Crippen molar-refractivity contribution in [2.45, 2.75) is 6.10 Å². The van der Waals surface area contributed by atoms with Crippen LogP contribution in [0.4, 0.5) is 26.5 Å². The summed E-state index contributed by atoms with van der Waals surface area (Å²) in [7, 11) is 1.66. The zero-order chi connectivity index (χ0) is 19.0. The number of aliphatic hydroxyl groups excluding tert-OH is 1. The lowest BCUT2D eigenvalue weighted by molar-refractivity contribution is 0.0963. The van der Waals surface area contributed by atoms with Crippen LogP contribution in [0.3, 0.4) is 0 Å². The van der Waals surface area contributed by atoms with E-state index in [1.54, 1.807) is 29.1 Å². The number of benzene rings is 1. The maximum Gasteiger partial charge on any atom is 0.414 e. The van der Waals surface area contributed by atoms with Gasteiger partial charge in [0.05, 0.1) is 38.1 Å². The lowest BCUT2D eigenvalue weighted by Gasteiger charge is -2.28. The normalized spacial score (nSPS) is 19.7. The molecule has 1 saturated heterocycles. The summed E-state index contributed by atoms with van der Waals surface area (Å²) in [5.74, 6) is -0.125. The van der Waals surface area contributed by atoms with Crippen LogP contribution < -0.4 is 14.8 Å². The standard InChI is InChI=1S/C15H17FN8O3/c1-21-19-14(18-20-21)24-5-4-22(9-17-24)13-3-2-10(6-12(13)16)23-7-11(8-25)27-15(23)26/h2-3,6,9,11,25H,4-5,7-8H2,1H3/t11-/m1/s1.